The van der Waals surface area contributed by atoms with E-state index >= 15 is 0 Å². The Kier molecular flexibility index (Phi) is 5.56. The van der Waals surface area contributed by atoms with Crippen LogP contribution in [-0.4, -0.2) is 22.7 Å². The van der Waals surface area contributed by atoms with Crippen LogP contribution >= 0.6 is 0 Å². The number of para-hydroxylation sites is 1. The van der Waals surface area contributed by atoms with E-state index < -0.39 is 5.92 Å². The second-order valence-electron chi connectivity index (χ2n) is 7.66. The maximum absolute atomic E-state index is 12.4. The number of ether oxygens (including phenoxy) is 2. The third-order valence-electron chi connectivity index (χ3n) is 5.46. The Balaban J connectivity index is 1.49. The Hall–Kier alpha value is -4.25. The highest BCUT2D eigenvalue weighted by Crippen LogP contribution is 2.42. The molecule has 1 atom stereocenters. The number of carbonyl (C=O) groups excluding carboxylic acids is 1. The molecule has 8 heteroatoms. The number of allylic oxidation sites excluding steroid dienone is 1. The standard InChI is InChI=1S/C24H23N5O3/c1-13-5-4-6-14(2)22(13)27-19(30)12-31-17-9-7-16(8-10-17)21-18(11-25)23(26)32-24-20(21)15(3)28-29-24/h4-10,21H,12,26H2,1-3H3,(H,27,30)(H,28,29). The number of rotatable bonds is 5. The van der Waals surface area contributed by atoms with Crippen LogP contribution < -0.4 is 20.5 Å². The molecule has 0 fully saturated rings. The van der Waals surface area contributed by atoms with Crippen molar-refractivity contribution in [2.45, 2.75) is 26.7 Å². The van der Waals surface area contributed by atoms with Gasteiger partial charge in [-0.1, -0.05) is 30.3 Å². The average Bonchev–Trinajstić information content (AvgIpc) is 3.14. The van der Waals surface area contributed by atoms with Crippen molar-refractivity contribution in [2.24, 2.45) is 5.73 Å². The largest absolute Gasteiger partial charge is 0.484 e. The number of hydrogen-bond acceptors (Lipinski definition) is 6. The first-order valence-electron chi connectivity index (χ1n) is 10.1. The minimum atomic E-state index is -0.399. The molecule has 0 spiro atoms. The molecule has 1 aromatic heterocycles. The molecule has 1 aliphatic rings. The number of aromatic nitrogens is 2. The average molecular weight is 429 g/mol. The van der Waals surface area contributed by atoms with E-state index in [0.717, 1.165) is 33.6 Å². The molecule has 2 aromatic carbocycles. The van der Waals surface area contributed by atoms with Crippen molar-refractivity contribution in [3.05, 3.63) is 81.9 Å². The van der Waals surface area contributed by atoms with Crippen molar-refractivity contribution in [2.75, 3.05) is 11.9 Å². The van der Waals surface area contributed by atoms with Gasteiger partial charge in [-0.05, 0) is 49.6 Å². The van der Waals surface area contributed by atoms with Gasteiger partial charge in [-0.2, -0.15) is 5.26 Å². The second kappa shape index (κ2) is 8.47. The van der Waals surface area contributed by atoms with E-state index in [1.54, 1.807) is 12.1 Å². The number of nitrogens with zero attached hydrogens (tertiary/aromatic N) is 2. The molecule has 4 rings (SSSR count). The molecule has 1 unspecified atom stereocenters. The number of carbonyl (C=O) groups is 1. The molecule has 32 heavy (non-hydrogen) atoms. The maximum atomic E-state index is 12.4. The second-order valence-corrected chi connectivity index (χ2v) is 7.66. The fourth-order valence-corrected chi connectivity index (χ4v) is 3.82. The maximum Gasteiger partial charge on any atom is 0.262 e. The first-order valence-corrected chi connectivity index (χ1v) is 10.1. The van der Waals surface area contributed by atoms with Crippen LogP contribution in [0.1, 0.15) is 33.9 Å². The minimum absolute atomic E-state index is 0.0417. The van der Waals surface area contributed by atoms with Crippen LogP contribution in [0.2, 0.25) is 0 Å². The van der Waals surface area contributed by atoms with Crippen LogP contribution in [0.3, 0.4) is 0 Å². The topological polar surface area (TPSA) is 126 Å². The first kappa shape index (κ1) is 21.0. The van der Waals surface area contributed by atoms with E-state index in [2.05, 4.69) is 21.6 Å². The number of aromatic amines is 1. The zero-order valence-corrected chi connectivity index (χ0v) is 18.0. The molecule has 2 heterocycles. The number of nitrogens with two attached hydrogens (primary N) is 1. The highest BCUT2D eigenvalue weighted by atomic mass is 16.5. The van der Waals surface area contributed by atoms with Crippen molar-refractivity contribution in [3.8, 4) is 17.7 Å². The predicted octanol–water partition coefficient (Wildman–Crippen LogP) is 3.57. The summed E-state index contributed by atoms with van der Waals surface area (Å²) in [5.74, 6) is 0.311. The summed E-state index contributed by atoms with van der Waals surface area (Å²) in [5, 5.41) is 19.5. The Labute approximate surface area is 185 Å². The SMILES string of the molecule is Cc1cccc(C)c1NC(=O)COc1ccc(C2C(C#N)=C(N)Oc3n[nH]c(C)c32)cc1. The Morgan fingerprint density at radius 1 is 1.22 bits per heavy atom. The van der Waals surface area contributed by atoms with E-state index in [9.17, 15) is 10.1 Å². The predicted molar refractivity (Wildman–Crippen MR) is 119 cm³/mol. The summed E-state index contributed by atoms with van der Waals surface area (Å²) >= 11 is 0. The van der Waals surface area contributed by atoms with Crippen LogP contribution in [-0.2, 0) is 4.79 Å². The van der Waals surface area contributed by atoms with Gasteiger partial charge in [-0.3, -0.25) is 9.89 Å². The van der Waals surface area contributed by atoms with Gasteiger partial charge in [0.25, 0.3) is 5.91 Å². The van der Waals surface area contributed by atoms with E-state index in [1.165, 1.54) is 0 Å². The molecule has 0 saturated carbocycles. The van der Waals surface area contributed by atoms with Gasteiger partial charge in [0, 0.05) is 16.9 Å². The summed E-state index contributed by atoms with van der Waals surface area (Å²) < 4.78 is 11.1. The summed E-state index contributed by atoms with van der Waals surface area (Å²) in [6, 6.07) is 15.2. The van der Waals surface area contributed by atoms with E-state index in [-0.39, 0.29) is 18.4 Å². The lowest BCUT2D eigenvalue weighted by molar-refractivity contribution is -0.118. The highest BCUT2D eigenvalue weighted by molar-refractivity contribution is 5.93. The molecule has 0 radical (unpaired) electrons. The number of amides is 1. The lowest BCUT2D eigenvalue weighted by atomic mass is 9.84. The van der Waals surface area contributed by atoms with E-state index in [1.807, 2.05) is 51.1 Å². The first-order chi connectivity index (χ1) is 15.4. The molecule has 162 valence electrons. The Morgan fingerprint density at radius 3 is 2.56 bits per heavy atom. The van der Waals surface area contributed by atoms with Gasteiger partial charge in [0.1, 0.15) is 17.4 Å². The molecule has 0 bridgehead atoms. The molecule has 4 N–H and O–H groups in total. The molecular weight excluding hydrogens is 406 g/mol. The summed E-state index contributed by atoms with van der Waals surface area (Å²) in [5.41, 5.74) is 11.5. The van der Waals surface area contributed by atoms with Gasteiger partial charge >= 0.3 is 0 Å². The molecule has 1 amide bonds. The number of anilines is 1. The van der Waals surface area contributed by atoms with Gasteiger partial charge in [-0.15, -0.1) is 5.10 Å². The lowest BCUT2D eigenvalue weighted by Gasteiger charge is -2.23. The van der Waals surface area contributed by atoms with Crippen molar-refractivity contribution in [3.63, 3.8) is 0 Å². The van der Waals surface area contributed by atoms with Crippen LogP contribution in [0.15, 0.2) is 53.9 Å². The summed E-state index contributed by atoms with van der Waals surface area (Å²) in [6.07, 6.45) is 0. The number of aryl methyl sites for hydroxylation is 3. The molecule has 3 aromatic rings. The third kappa shape index (κ3) is 3.88. The molecule has 8 nitrogen and oxygen atoms in total. The van der Waals surface area contributed by atoms with Crippen molar-refractivity contribution >= 4 is 11.6 Å². The number of fused-ring (bicyclic) bond motifs is 1. The van der Waals surface area contributed by atoms with Crippen molar-refractivity contribution < 1.29 is 14.3 Å². The fraction of sp³-hybridized carbons (Fsp3) is 0.208. The number of nitrogens with one attached hydrogen (secondary N) is 2. The van der Waals surface area contributed by atoms with Gasteiger partial charge in [-0.25, -0.2) is 0 Å². The number of hydrogen-bond donors (Lipinski definition) is 3. The highest BCUT2D eigenvalue weighted by Gasteiger charge is 2.34. The molecular formula is C24H23N5O3. The van der Waals surface area contributed by atoms with Gasteiger partial charge in [0.05, 0.1) is 5.92 Å². The smallest absolute Gasteiger partial charge is 0.262 e. The molecule has 1 aliphatic heterocycles. The summed E-state index contributed by atoms with van der Waals surface area (Å²) in [4.78, 5) is 12.4. The number of benzene rings is 2. The molecule has 0 saturated heterocycles. The third-order valence-corrected chi connectivity index (χ3v) is 5.46. The quantitative estimate of drug-likeness (QED) is 0.569. The van der Waals surface area contributed by atoms with Crippen LogP contribution in [0.5, 0.6) is 11.6 Å². The summed E-state index contributed by atoms with van der Waals surface area (Å²) in [6.45, 7) is 5.64. The Bertz CT molecular complexity index is 1230. The number of nitriles is 1. The van der Waals surface area contributed by atoms with Crippen LogP contribution in [0, 0.1) is 32.1 Å². The number of H-pyrrole nitrogens is 1. The Morgan fingerprint density at radius 2 is 1.91 bits per heavy atom. The van der Waals surface area contributed by atoms with Gasteiger partial charge in [0.2, 0.25) is 11.8 Å². The van der Waals surface area contributed by atoms with Gasteiger partial charge in [0.15, 0.2) is 6.61 Å². The zero-order valence-electron chi connectivity index (χ0n) is 18.0. The lowest BCUT2D eigenvalue weighted by Crippen LogP contribution is -2.21. The minimum Gasteiger partial charge on any atom is -0.484 e. The van der Waals surface area contributed by atoms with Crippen molar-refractivity contribution in [1.29, 1.82) is 5.26 Å². The monoisotopic (exact) mass is 429 g/mol. The van der Waals surface area contributed by atoms with E-state index in [0.29, 0.717) is 17.2 Å². The van der Waals surface area contributed by atoms with Crippen LogP contribution in [0.25, 0.3) is 0 Å². The zero-order chi connectivity index (χ0) is 22.8. The normalized spacial score (nSPS) is 14.9. The molecule has 0 aliphatic carbocycles. The van der Waals surface area contributed by atoms with Crippen molar-refractivity contribution in [1.82, 2.24) is 10.2 Å². The van der Waals surface area contributed by atoms with Gasteiger partial charge < -0.3 is 20.5 Å². The van der Waals surface area contributed by atoms with Crippen LogP contribution in [0.4, 0.5) is 5.69 Å². The van der Waals surface area contributed by atoms with E-state index in [4.69, 9.17) is 15.2 Å². The fourth-order valence-electron chi connectivity index (χ4n) is 3.82. The summed E-state index contributed by atoms with van der Waals surface area (Å²) in [7, 11) is 0.